The van der Waals surface area contributed by atoms with Crippen molar-refractivity contribution in [3.05, 3.63) is 122 Å². The summed E-state index contributed by atoms with van der Waals surface area (Å²) in [4.78, 5) is 38.3. The first-order valence-corrected chi connectivity index (χ1v) is 34.5. The number of carbonyl (C=O) groups is 3. The molecule has 82 heavy (non-hydrogen) atoms. The van der Waals surface area contributed by atoms with Crippen molar-refractivity contribution < 1.29 is 28.6 Å². The third kappa shape index (κ3) is 66.6. The number of allylic oxidation sites excluding steroid dienone is 20. The van der Waals surface area contributed by atoms with Crippen LogP contribution in [0.5, 0.6) is 0 Å². The minimum absolute atomic E-state index is 0.0863. The average Bonchev–Trinajstić information content (AvgIpc) is 3.48. The van der Waals surface area contributed by atoms with Crippen molar-refractivity contribution in [3.63, 3.8) is 0 Å². The molecule has 0 fully saturated rings. The highest BCUT2D eigenvalue weighted by Crippen LogP contribution is 2.16. The third-order valence-electron chi connectivity index (χ3n) is 14.7. The van der Waals surface area contributed by atoms with Crippen molar-refractivity contribution in [2.75, 3.05) is 13.2 Å². The first-order chi connectivity index (χ1) is 40.5. The maximum absolute atomic E-state index is 12.9. The standard InChI is InChI=1S/C76H128O6/c1-4-7-10-13-16-19-22-24-26-28-30-32-33-34-35-36-37-38-39-40-41-42-43-45-46-48-50-52-54-57-60-63-66-69-75(78)81-72-73(71-80-74(77)68-65-62-59-56-21-18-15-12-9-6-3)82-76(79)70-67-64-61-58-55-53-51-49-47-44-31-29-27-25-23-20-17-14-11-8-5-2/h7,10,12,15-16,19,23-26,29-32,34-35,37-38,47,49,73H,4-6,8-9,11,13-14,17-18,20-22,27-28,33,36,39-46,48,50-72H2,1-3H3/b10-7-,15-12-,19-16-,25-23-,26-24-,31-29-,32-30-,35-34-,38-37-,49-47-. The quantitative estimate of drug-likeness (QED) is 0.0261. The topological polar surface area (TPSA) is 78.9 Å². The van der Waals surface area contributed by atoms with Crippen molar-refractivity contribution in [1.29, 1.82) is 0 Å². The normalized spacial score (nSPS) is 12.9. The molecule has 0 spiro atoms. The summed E-state index contributed by atoms with van der Waals surface area (Å²) in [5.41, 5.74) is 0. The summed E-state index contributed by atoms with van der Waals surface area (Å²) in [6.07, 6.45) is 96.6. The van der Waals surface area contributed by atoms with Gasteiger partial charge >= 0.3 is 17.9 Å². The predicted molar refractivity (Wildman–Crippen MR) is 357 cm³/mol. The van der Waals surface area contributed by atoms with E-state index in [0.717, 1.165) is 141 Å². The molecule has 0 amide bonds. The van der Waals surface area contributed by atoms with Crippen LogP contribution in [0, 0.1) is 0 Å². The highest BCUT2D eigenvalue weighted by Gasteiger charge is 2.19. The zero-order chi connectivity index (χ0) is 59.2. The summed E-state index contributed by atoms with van der Waals surface area (Å²) in [5.74, 6) is -0.903. The molecule has 0 aromatic heterocycles. The Kier molecular flexibility index (Phi) is 65.8. The summed E-state index contributed by atoms with van der Waals surface area (Å²) in [6, 6.07) is 0. The molecule has 0 aliphatic carbocycles. The second-order valence-electron chi connectivity index (χ2n) is 22.7. The molecule has 0 heterocycles. The van der Waals surface area contributed by atoms with Gasteiger partial charge in [-0.2, -0.15) is 0 Å². The van der Waals surface area contributed by atoms with E-state index in [2.05, 4.69) is 142 Å². The molecular weight excluding hydrogens is 1010 g/mol. The summed E-state index contributed by atoms with van der Waals surface area (Å²) in [5, 5.41) is 0. The lowest BCUT2D eigenvalue weighted by molar-refractivity contribution is -0.167. The minimum atomic E-state index is -0.791. The lowest BCUT2D eigenvalue weighted by Crippen LogP contribution is -2.30. The van der Waals surface area contributed by atoms with Gasteiger partial charge in [0.15, 0.2) is 6.10 Å². The summed E-state index contributed by atoms with van der Waals surface area (Å²) >= 11 is 0. The molecule has 0 aliphatic heterocycles. The van der Waals surface area contributed by atoms with Crippen molar-refractivity contribution >= 4 is 17.9 Å². The number of ether oxygens (including phenoxy) is 3. The van der Waals surface area contributed by atoms with Gasteiger partial charge in [0.25, 0.3) is 0 Å². The summed E-state index contributed by atoms with van der Waals surface area (Å²) in [7, 11) is 0. The smallest absolute Gasteiger partial charge is 0.306 e. The van der Waals surface area contributed by atoms with Gasteiger partial charge in [-0.05, 0) is 128 Å². The highest BCUT2D eigenvalue weighted by atomic mass is 16.6. The van der Waals surface area contributed by atoms with Crippen LogP contribution in [-0.4, -0.2) is 37.2 Å². The number of hydrogen-bond acceptors (Lipinski definition) is 6. The molecule has 6 heteroatoms. The third-order valence-corrected chi connectivity index (χ3v) is 14.7. The first-order valence-electron chi connectivity index (χ1n) is 34.5. The van der Waals surface area contributed by atoms with E-state index in [1.54, 1.807) is 0 Å². The van der Waals surface area contributed by atoms with Gasteiger partial charge in [0.2, 0.25) is 0 Å². The summed E-state index contributed by atoms with van der Waals surface area (Å²) in [6.45, 7) is 6.45. The van der Waals surface area contributed by atoms with Gasteiger partial charge in [-0.15, -0.1) is 0 Å². The Labute approximate surface area is 507 Å². The largest absolute Gasteiger partial charge is 0.462 e. The molecule has 0 aliphatic rings. The number of esters is 3. The molecule has 0 radical (unpaired) electrons. The molecule has 1 unspecified atom stereocenters. The minimum Gasteiger partial charge on any atom is -0.462 e. The van der Waals surface area contributed by atoms with Crippen LogP contribution in [-0.2, 0) is 28.6 Å². The van der Waals surface area contributed by atoms with E-state index in [1.165, 1.54) is 141 Å². The Hall–Kier alpha value is -4.19. The highest BCUT2D eigenvalue weighted by molar-refractivity contribution is 5.71. The van der Waals surface area contributed by atoms with E-state index >= 15 is 0 Å². The molecule has 6 nitrogen and oxygen atoms in total. The van der Waals surface area contributed by atoms with Crippen LogP contribution in [0.4, 0.5) is 0 Å². The molecular formula is C76H128O6. The van der Waals surface area contributed by atoms with Crippen LogP contribution in [0.15, 0.2) is 122 Å². The van der Waals surface area contributed by atoms with Crippen LogP contribution in [0.25, 0.3) is 0 Å². The maximum Gasteiger partial charge on any atom is 0.306 e. The number of carbonyl (C=O) groups excluding carboxylic acids is 3. The molecule has 0 saturated carbocycles. The Balaban J connectivity index is 4.19. The van der Waals surface area contributed by atoms with Crippen molar-refractivity contribution in [1.82, 2.24) is 0 Å². The molecule has 0 aromatic carbocycles. The predicted octanol–water partition coefficient (Wildman–Crippen LogP) is 23.9. The van der Waals surface area contributed by atoms with Gasteiger partial charge in [0, 0.05) is 19.3 Å². The van der Waals surface area contributed by atoms with Gasteiger partial charge in [-0.1, -0.05) is 296 Å². The van der Waals surface area contributed by atoms with Crippen LogP contribution < -0.4 is 0 Å². The van der Waals surface area contributed by atoms with E-state index in [9.17, 15) is 14.4 Å². The average molecular weight is 1140 g/mol. The fourth-order valence-corrected chi connectivity index (χ4v) is 9.52. The molecule has 0 bridgehead atoms. The van der Waals surface area contributed by atoms with Crippen molar-refractivity contribution in [2.24, 2.45) is 0 Å². The Morgan fingerprint density at radius 2 is 0.500 bits per heavy atom. The van der Waals surface area contributed by atoms with Crippen LogP contribution >= 0.6 is 0 Å². The molecule has 468 valence electrons. The zero-order valence-electron chi connectivity index (χ0n) is 53.7. The first kappa shape index (κ1) is 77.8. The lowest BCUT2D eigenvalue weighted by atomic mass is 10.0. The van der Waals surface area contributed by atoms with Gasteiger partial charge in [0.1, 0.15) is 13.2 Å². The fourth-order valence-electron chi connectivity index (χ4n) is 9.52. The van der Waals surface area contributed by atoms with E-state index < -0.39 is 6.10 Å². The SMILES string of the molecule is CC/C=C\C/C=C\C/C=C\C/C=C\C/C=C\C/C=C\CCCCCCCCCCCCCCCCC(=O)OCC(COC(=O)CCCCCCC/C=C\CCC)OC(=O)CCCCCCCC/C=C\C/C=C\C/C=C\CCCCCCC. The molecule has 0 rings (SSSR count). The van der Waals surface area contributed by atoms with Crippen molar-refractivity contribution in [3.8, 4) is 0 Å². The lowest BCUT2D eigenvalue weighted by Gasteiger charge is -2.18. The van der Waals surface area contributed by atoms with Gasteiger partial charge < -0.3 is 14.2 Å². The Morgan fingerprint density at radius 1 is 0.256 bits per heavy atom. The summed E-state index contributed by atoms with van der Waals surface area (Å²) < 4.78 is 16.9. The second kappa shape index (κ2) is 69.3. The van der Waals surface area contributed by atoms with Crippen LogP contribution in [0.3, 0.4) is 0 Å². The second-order valence-corrected chi connectivity index (χ2v) is 22.7. The van der Waals surface area contributed by atoms with Gasteiger partial charge in [-0.3, -0.25) is 14.4 Å². The van der Waals surface area contributed by atoms with Crippen LogP contribution in [0.1, 0.15) is 323 Å². The maximum atomic E-state index is 12.9. The molecule has 0 aromatic rings. The number of hydrogen-bond donors (Lipinski definition) is 0. The van der Waals surface area contributed by atoms with Gasteiger partial charge in [-0.25, -0.2) is 0 Å². The van der Waals surface area contributed by atoms with E-state index in [-0.39, 0.29) is 31.1 Å². The molecule has 1 atom stereocenters. The molecule has 0 saturated heterocycles. The number of rotatable bonds is 62. The van der Waals surface area contributed by atoms with Crippen LogP contribution in [0.2, 0.25) is 0 Å². The van der Waals surface area contributed by atoms with E-state index in [0.29, 0.717) is 19.3 Å². The van der Waals surface area contributed by atoms with E-state index in [1.807, 2.05) is 0 Å². The Bertz CT molecular complexity index is 1690. The molecule has 0 N–H and O–H groups in total. The van der Waals surface area contributed by atoms with Gasteiger partial charge in [0.05, 0.1) is 0 Å². The monoisotopic (exact) mass is 1140 g/mol. The Morgan fingerprint density at radius 3 is 0.805 bits per heavy atom. The zero-order valence-corrected chi connectivity index (χ0v) is 53.7. The van der Waals surface area contributed by atoms with Crippen molar-refractivity contribution in [2.45, 2.75) is 329 Å². The fraction of sp³-hybridized carbons (Fsp3) is 0.697. The number of unbranched alkanes of at least 4 members (excludes halogenated alkanes) is 31. The van der Waals surface area contributed by atoms with E-state index in [4.69, 9.17) is 14.2 Å².